The first-order chi connectivity index (χ1) is 9.69. The fourth-order valence-corrected chi connectivity index (χ4v) is 3.43. The third-order valence-electron chi connectivity index (χ3n) is 4.37. The van der Waals surface area contributed by atoms with Crippen LogP contribution in [0.3, 0.4) is 0 Å². The van der Waals surface area contributed by atoms with Crippen molar-refractivity contribution in [2.24, 2.45) is 17.8 Å². The van der Waals surface area contributed by atoms with E-state index < -0.39 is 0 Å². The van der Waals surface area contributed by atoms with Crippen LogP contribution in [-0.4, -0.2) is 19.6 Å². The Morgan fingerprint density at radius 3 is 2.50 bits per heavy atom. The number of halogens is 1. The zero-order chi connectivity index (χ0) is 14.1. The lowest BCUT2D eigenvalue weighted by molar-refractivity contribution is 0.0943. The Hall–Kier alpha value is -1.03. The summed E-state index contributed by atoms with van der Waals surface area (Å²) in [5.41, 5.74) is 0.683. The van der Waals surface area contributed by atoms with Gasteiger partial charge in [-0.3, -0.25) is 4.79 Å². The largest absolute Gasteiger partial charge is 0.496 e. The van der Waals surface area contributed by atoms with Gasteiger partial charge in [-0.2, -0.15) is 0 Å². The molecule has 0 atom stereocenters. The molecule has 0 aliphatic heterocycles. The number of carbonyl (C=O) groups excluding carboxylic acids is 1. The molecule has 1 amide bonds. The third-order valence-corrected chi connectivity index (χ3v) is 4.99. The van der Waals surface area contributed by atoms with Crippen LogP contribution < -0.4 is 10.1 Å². The van der Waals surface area contributed by atoms with Gasteiger partial charge in [0, 0.05) is 12.1 Å². The molecule has 0 radical (unpaired) electrons. The highest BCUT2D eigenvalue weighted by Crippen LogP contribution is 2.48. The fourth-order valence-electron chi connectivity index (χ4n) is 2.89. The standard InChI is InChI=1S/C16H20BrNO2/c1-20-15-7-6-12(8-14(15)17)16(19)18-9-13(10-2-3-10)11-4-5-11/h6-8,10-11,13H,2-5,9H2,1H3,(H,18,19). The Labute approximate surface area is 128 Å². The monoisotopic (exact) mass is 337 g/mol. The predicted octanol–water partition coefficient (Wildman–Crippen LogP) is 3.62. The van der Waals surface area contributed by atoms with Crippen LogP contribution in [0.4, 0.5) is 0 Å². The molecular formula is C16H20BrNO2. The molecule has 3 nitrogen and oxygen atoms in total. The number of carbonyl (C=O) groups is 1. The zero-order valence-electron chi connectivity index (χ0n) is 11.7. The van der Waals surface area contributed by atoms with E-state index in [1.165, 1.54) is 25.7 Å². The van der Waals surface area contributed by atoms with E-state index in [0.717, 1.165) is 28.6 Å². The van der Waals surface area contributed by atoms with Crippen molar-refractivity contribution in [1.82, 2.24) is 5.32 Å². The van der Waals surface area contributed by atoms with Crippen LogP contribution in [-0.2, 0) is 0 Å². The van der Waals surface area contributed by atoms with Gasteiger partial charge in [-0.05, 0) is 77.6 Å². The average Bonchev–Trinajstić information content (AvgIpc) is 3.31. The van der Waals surface area contributed by atoms with Gasteiger partial charge < -0.3 is 10.1 Å². The van der Waals surface area contributed by atoms with Crippen LogP contribution in [0.25, 0.3) is 0 Å². The summed E-state index contributed by atoms with van der Waals surface area (Å²) in [5.74, 6) is 3.20. The van der Waals surface area contributed by atoms with E-state index in [-0.39, 0.29) is 5.91 Å². The molecule has 2 aliphatic carbocycles. The summed E-state index contributed by atoms with van der Waals surface area (Å²) in [6.45, 7) is 0.831. The van der Waals surface area contributed by atoms with Gasteiger partial charge in [0.25, 0.3) is 5.91 Å². The van der Waals surface area contributed by atoms with Crippen LogP contribution in [0, 0.1) is 17.8 Å². The van der Waals surface area contributed by atoms with Crippen molar-refractivity contribution in [2.45, 2.75) is 25.7 Å². The van der Waals surface area contributed by atoms with Crippen molar-refractivity contribution in [1.29, 1.82) is 0 Å². The summed E-state index contributed by atoms with van der Waals surface area (Å²) in [4.78, 5) is 12.2. The summed E-state index contributed by atoms with van der Waals surface area (Å²) in [6, 6.07) is 5.44. The van der Waals surface area contributed by atoms with Gasteiger partial charge in [0.2, 0.25) is 0 Å². The second-order valence-electron chi connectivity index (χ2n) is 5.90. The van der Waals surface area contributed by atoms with Crippen LogP contribution in [0.5, 0.6) is 5.75 Å². The summed E-state index contributed by atoms with van der Waals surface area (Å²) in [6.07, 6.45) is 5.41. The first-order valence-electron chi connectivity index (χ1n) is 7.30. The van der Waals surface area contributed by atoms with Gasteiger partial charge in [0.1, 0.15) is 5.75 Å². The van der Waals surface area contributed by atoms with Crippen LogP contribution in [0.15, 0.2) is 22.7 Å². The second-order valence-corrected chi connectivity index (χ2v) is 6.75. The highest BCUT2D eigenvalue weighted by Gasteiger charge is 2.41. The lowest BCUT2D eigenvalue weighted by Crippen LogP contribution is -2.31. The fraction of sp³-hybridized carbons (Fsp3) is 0.562. The Bertz CT molecular complexity index is 497. The molecule has 0 bridgehead atoms. The van der Waals surface area contributed by atoms with E-state index >= 15 is 0 Å². The minimum atomic E-state index is 0.0136. The topological polar surface area (TPSA) is 38.3 Å². The highest BCUT2D eigenvalue weighted by atomic mass is 79.9. The molecule has 1 N–H and O–H groups in total. The molecule has 1 aromatic carbocycles. The maximum atomic E-state index is 12.2. The molecule has 20 heavy (non-hydrogen) atoms. The number of ether oxygens (including phenoxy) is 1. The number of rotatable bonds is 6. The van der Waals surface area contributed by atoms with E-state index in [2.05, 4.69) is 21.2 Å². The maximum Gasteiger partial charge on any atom is 0.251 e. The van der Waals surface area contributed by atoms with Gasteiger partial charge in [-0.1, -0.05) is 0 Å². The van der Waals surface area contributed by atoms with Crippen LogP contribution in [0.2, 0.25) is 0 Å². The van der Waals surface area contributed by atoms with Crippen molar-refractivity contribution in [3.8, 4) is 5.75 Å². The van der Waals surface area contributed by atoms with Gasteiger partial charge in [0.15, 0.2) is 0 Å². The molecule has 108 valence electrons. The molecule has 0 saturated heterocycles. The van der Waals surface area contributed by atoms with Crippen LogP contribution in [0.1, 0.15) is 36.0 Å². The second kappa shape index (κ2) is 5.76. The van der Waals surface area contributed by atoms with E-state index in [9.17, 15) is 4.79 Å². The minimum absolute atomic E-state index is 0.0136. The number of hydrogen-bond donors (Lipinski definition) is 1. The molecule has 0 aromatic heterocycles. The lowest BCUT2D eigenvalue weighted by Gasteiger charge is -2.16. The summed E-state index contributed by atoms with van der Waals surface area (Å²) >= 11 is 3.42. The predicted molar refractivity (Wildman–Crippen MR) is 82.0 cm³/mol. The van der Waals surface area contributed by atoms with E-state index in [0.29, 0.717) is 11.5 Å². The van der Waals surface area contributed by atoms with Crippen LogP contribution >= 0.6 is 15.9 Å². The number of benzene rings is 1. The SMILES string of the molecule is COc1ccc(C(=O)NCC(C2CC2)C2CC2)cc1Br. The van der Waals surface area contributed by atoms with Gasteiger partial charge in [-0.25, -0.2) is 0 Å². The molecule has 2 aliphatic rings. The van der Waals surface area contributed by atoms with Crippen molar-refractivity contribution in [3.05, 3.63) is 28.2 Å². The number of amides is 1. The van der Waals surface area contributed by atoms with Gasteiger partial charge in [-0.15, -0.1) is 0 Å². The molecule has 0 heterocycles. The molecule has 1 aromatic rings. The summed E-state index contributed by atoms with van der Waals surface area (Å²) < 4.78 is 5.99. The number of hydrogen-bond acceptors (Lipinski definition) is 2. The highest BCUT2D eigenvalue weighted by molar-refractivity contribution is 9.10. The molecule has 0 spiro atoms. The van der Waals surface area contributed by atoms with E-state index in [1.54, 1.807) is 7.11 Å². The molecule has 4 heteroatoms. The third kappa shape index (κ3) is 3.17. The summed E-state index contributed by atoms with van der Waals surface area (Å²) in [7, 11) is 1.62. The smallest absolute Gasteiger partial charge is 0.251 e. The normalized spacial score (nSPS) is 18.1. The Balaban J connectivity index is 1.59. The number of methoxy groups -OCH3 is 1. The van der Waals surface area contributed by atoms with E-state index in [4.69, 9.17) is 4.74 Å². The van der Waals surface area contributed by atoms with Crippen molar-refractivity contribution in [2.75, 3.05) is 13.7 Å². The maximum absolute atomic E-state index is 12.2. The number of nitrogens with one attached hydrogen (secondary N) is 1. The molecule has 2 fully saturated rings. The molecular weight excluding hydrogens is 318 g/mol. The summed E-state index contributed by atoms with van der Waals surface area (Å²) in [5, 5.41) is 3.11. The molecule has 0 unspecified atom stereocenters. The van der Waals surface area contributed by atoms with Crippen molar-refractivity contribution >= 4 is 21.8 Å². The lowest BCUT2D eigenvalue weighted by atomic mass is 9.98. The average molecular weight is 338 g/mol. The van der Waals surface area contributed by atoms with Crippen molar-refractivity contribution < 1.29 is 9.53 Å². The first-order valence-corrected chi connectivity index (χ1v) is 8.10. The molecule has 2 saturated carbocycles. The zero-order valence-corrected chi connectivity index (χ0v) is 13.3. The Morgan fingerprint density at radius 1 is 1.35 bits per heavy atom. The van der Waals surface area contributed by atoms with Gasteiger partial charge in [0.05, 0.1) is 11.6 Å². The van der Waals surface area contributed by atoms with E-state index in [1.807, 2.05) is 18.2 Å². The quantitative estimate of drug-likeness (QED) is 0.860. The van der Waals surface area contributed by atoms with Gasteiger partial charge >= 0.3 is 0 Å². The first kappa shape index (κ1) is 13.9. The minimum Gasteiger partial charge on any atom is -0.496 e. The molecule has 3 rings (SSSR count). The Kier molecular flexibility index (Phi) is 4.01. The Morgan fingerprint density at radius 2 is 2.00 bits per heavy atom. The van der Waals surface area contributed by atoms with Crippen molar-refractivity contribution in [3.63, 3.8) is 0 Å².